The molecule has 1 N–H and O–H groups in total. The summed E-state index contributed by atoms with van der Waals surface area (Å²) in [5.74, 6) is 2.31. The predicted octanol–water partition coefficient (Wildman–Crippen LogP) is 5.67. The fraction of sp³-hybridized carbons (Fsp3) is 0.537. The van der Waals surface area contributed by atoms with E-state index >= 15 is 0 Å². The highest BCUT2D eigenvalue weighted by Gasteiger charge is 2.55. The minimum Gasteiger partial charge on any atom is -0.492 e. The average molecular weight is 734 g/mol. The number of alkyl carbamates (subject to hydrolysis) is 1. The van der Waals surface area contributed by atoms with Gasteiger partial charge in [-0.15, -0.1) is 0 Å². The maximum Gasteiger partial charge on any atom is 0.407 e. The molecule has 13 heteroatoms. The van der Waals surface area contributed by atoms with Gasteiger partial charge in [0.15, 0.2) is 0 Å². The van der Waals surface area contributed by atoms with Crippen molar-refractivity contribution in [3.8, 4) is 28.8 Å². The number of nitrogens with one attached hydrogen (secondary N) is 1. The molecule has 54 heavy (non-hydrogen) atoms. The summed E-state index contributed by atoms with van der Waals surface area (Å²) in [5.41, 5.74) is 3.98. The van der Waals surface area contributed by atoms with E-state index in [0.717, 1.165) is 81.0 Å². The highest BCUT2D eigenvalue weighted by Crippen LogP contribution is 2.53. The van der Waals surface area contributed by atoms with Crippen LogP contribution in [0.2, 0.25) is 0 Å². The van der Waals surface area contributed by atoms with Crippen LogP contribution in [0.15, 0.2) is 55.1 Å². The Morgan fingerprint density at radius 3 is 2.56 bits per heavy atom. The van der Waals surface area contributed by atoms with Gasteiger partial charge >= 0.3 is 6.09 Å². The molecule has 284 valence electrons. The first-order chi connectivity index (χ1) is 26.1. The fourth-order valence-electron chi connectivity index (χ4n) is 8.54. The number of ether oxygens (including phenoxy) is 3. The molecule has 8 heterocycles. The maximum atomic E-state index is 12.4. The molecular weight excluding hydrogens is 683 g/mol. The van der Waals surface area contributed by atoms with Crippen molar-refractivity contribution in [1.29, 1.82) is 5.26 Å². The molecule has 13 nitrogen and oxygen atoms in total. The largest absolute Gasteiger partial charge is 0.492 e. The van der Waals surface area contributed by atoms with Crippen molar-refractivity contribution < 1.29 is 19.0 Å². The third-order valence-corrected chi connectivity index (χ3v) is 11.5. The summed E-state index contributed by atoms with van der Waals surface area (Å²) in [4.78, 5) is 29.2. The van der Waals surface area contributed by atoms with E-state index in [1.54, 1.807) is 17.8 Å². The van der Waals surface area contributed by atoms with E-state index in [0.29, 0.717) is 35.9 Å². The minimum atomic E-state index is -0.495. The van der Waals surface area contributed by atoms with Gasteiger partial charge in [0.1, 0.15) is 23.2 Å². The summed E-state index contributed by atoms with van der Waals surface area (Å²) < 4.78 is 18.7. The van der Waals surface area contributed by atoms with Crippen LogP contribution in [0.4, 0.5) is 10.6 Å². The lowest BCUT2D eigenvalue weighted by Crippen LogP contribution is -2.68. The van der Waals surface area contributed by atoms with Crippen molar-refractivity contribution in [2.75, 3.05) is 51.3 Å². The van der Waals surface area contributed by atoms with E-state index in [4.69, 9.17) is 19.2 Å². The molecule has 2 bridgehead atoms. The SMILES string of the molecule is COc1ccc(CN2C3CC2CN(c2ccc(-c4cc(OCCCCCN5C[C@H](NC(=O)OC(C)(C)C)C6(CC6)C5)cn5ncc(C#N)c45)cn2)C3)cn1. The van der Waals surface area contributed by atoms with Gasteiger partial charge in [-0.1, -0.05) is 6.07 Å². The molecule has 1 spiro atoms. The number of fused-ring (bicyclic) bond motifs is 3. The molecule has 2 unspecified atom stereocenters. The second-order valence-corrected chi connectivity index (χ2v) is 16.5. The van der Waals surface area contributed by atoms with Crippen LogP contribution in [-0.4, -0.2) is 106 Å². The Bertz CT molecular complexity index is 1990. The number of likely N-dealkylation sites (tertiary alicyclic amines) is 1. The number of carbonyl (C=O) groups is 1. The van der Waals surface area contributed by atoms with Gasteiger partial charge in [0.2, 0.25) is 5.88 Å². The number of pyridine rings is 3. The summed E-state index contributed by atoms with van der Waals surface area (Å²) in [5, 5.41) is 17.5. The molecule has 0 aromatic carbocycles. The number of nitriles is 1. The summed E-state index contributed by atoms with van der Waals surface area (Å²) in [6, 6.07) is 13.6. The van der Waals surface area contributed by atoms with Gasteiger partial charge in [-0.3, -0.25) is 4.90 Å². The molecule has 5 aliphatic rings. The number of nitrogens with zero attached hydrogens (tertiary/aromatic N) is 8. The highest BCUT2D eigenvalue weighted by atomic mass is 16.6. The number of piperazine rings is 1. The second-order valence-electron chi connectivity index (χ2n) is 16.5. The third-order valence-electron chi connectivity index (χ3n) is 11.5. The normalized spacial score (nSPS) is 21.8. The zero-order valence-corrected chi connectivity index (χ0v) is 31.8. The van der Waals surface area contributed by atoms with Crippen LogP contribution >= 0.6 is 0 Å². The number of carbonyl (C=O) groups excluding carboxylic acids is 1. The van der Waals surface area contributed by atoms with E-state index in [2.05, 4.69) is 54.4 Å². The first-order valence-corrected chi connectivity index (χ1v) is 19.3. The molecule has 4 aromatic heterocycles. The van der Waals surface area contributed by atoms with Crippen LogP contribution in [0.5, 0.6) is 11.6 Å². The van der Waals surface area contributed by atoms with Gasteiger partial charge in [0, 0.05) is 79.8 Å². The van der Waals surface area contributed by atoms with Crippen molar-refractivity contribution in [1.82, 2.24) is 34.7 Å². The van der Waals surface area contributed by atoms with E-state index in [1.165, 1.54) is 24.8 Å². The molecule has 5 fully saturated rings. The minimum absolute atomic E-state index is 0.158. The number of hydrogen-bond acceptors (Lipinski definition) is 11. The van der Waals surface area contributed by atoms with Gasteiger partial charge < -0.3 is 29.3 Å². The smallest absolute Gasteiger partial charge is 0.407 e. The van der Waals surface area contributed by atoms with Crippen LogP contribution in [0.1, 0.15) is 70.4 Å². The third kappa shape index (κ3) is 7.68. The molecule has 1 amide bonds. The number of rotatable bonds is 13. The number of hydrogen-bond donors (Lipinski definition) is 1. The fourth-order valence-corrected chi connectivity index (χ4v) is 8.54. The number of piperidine rings is 1. The van der Waals surface area contributed by atoms with E-state index < -0.39 is 5.60 Å². The van der Waals surface area contributed by atoms with Crippen LogP contribution in [0, 0.1) is 16.7 Å². The molecular formula is C41H51N9O4. The zero-order valence-electron chi connectivity index (χ0n) is 31.8. The van der Waals surface area contributed by atoms with E-state index in [9.17, 15) is 10.1 Å². The van der Waals surface area contributed by atoms with E-state index in [-0.39, 0.29) is 17.6 Å². The summed E-state index contributed by atoms with van der Waals surface area (Å²) >= 11 is 0. The van der Waals surface area contributed by atoms with Crippen LogP contribution < -0.4 is 19.7 Å². The topological polar surface area (TPSA) is 133 Å². The van der Waals surface area contributed by atoms with Crippen molar-refractivity contribution >= 4 is 17.4 Å². The lowest BCUT2D eigenvalue weighted by molar-refractivity contribution is -0.00876. The van der Waals surface area contributed by atoms with Crippen LogP contribution in [-0.2, 0) is 11.3 Å². The quantitative estimate of drug-likeness (QED) is 0.170. The predicted molar refractivity (Wildman–Crippen MR) is 204 cm³/mol. The highest BCUT2D eigenvalue weighted by molar-refractivity contribution is 5.85. The van der Waals surface area contributed by atoms with Gasteiger partial charge in [-0.25, -0.2) is 19.3 Å². The Morgan fingerprint density at radius 1 is 1.04 bits per heavy atom. The molecule has 4 aromatic rings. The van der Waals surface area contributed by atoms with Crippen molar-refractivity contribution in [2.24, 2.45) is 5.41 Å². The molecule has 0 radical (unpaired) electrons. The van der Waals surface area contributed by atoms with Crippen molar-refractivity contribution in [3.63, 3.8) is 0 Å². The Balaban J connectivity index is 0.840. The summed E-state index contributed by atoms with van der Waals surface area (Å²) in [6.45, 7) is 12.0. The maximum absolute atomic E-state index is 12.4. The van der Waals surface area contributed by atoms with Crippen LogP contribution in [0.3, 0.4) is 0 Å². The average Bonchev–Trinajstić information content (AvgIpc) is 3.70. The van der Waals surface area contributed by atoms with Gasteiger partial charge in [0.25, 0.3) is 0 Å². The Morgan fingerprint density at radius 2 is 1.87 bits per heavy atom. The Labute approximate surface area is 317 Å². The number of aromatic nitrogens is 4. The summed E-state index contributed by atoms with van der Waals surface area (Å²) in [6.07, 6.45) is 13.5. The number of methoxy groups -OCH3 is 1. The van der Waals surface area contributed by atoms with E-state index in [1.807, 2.05) is 51.5 Å². The number of unbranched alkanes of at least 4 members (excludes halogenated alkanes) is 2. The second kappa shape index (κ2) is 14.7. The standard InChI is InChI=1S/C41H51N9O4/c1-40(2,3)54-39(51)46-35-26-47(27-41(35)12-13-41)14-6-5-7-15-53-33-17-34(38-30(18-42)21-45-50(38)25-33)29-9-10-36(43-20-29)48-23-31-16-32(24-48)49(31)22-28-8-11-37(52-4)44-19-28/h8-11,17,19-21,25,31-32,35H,5-7,12-16,22-24,26-27H2,1-4H3,(H,46,51)/t31?,32?,35-/m0/s1. The first kappa shape index (κ1) is 36.1. The summed E-state index contributed by atoms with van der Waals surface area (Å²) in [7, 11) is 1.64. The Hall–Kier alpha value is -4.93. The van der Waals surface area contributed by atoms with Crippen LogP contribution in [0.25, 0.3) is 16.6 Å². The van der Waals surface area contributed by atoms with Gasteiger partial charge in [-0.2, -0.15) is 10.4 Å². The molecule has 9 rings (SSSR count). The first-order valence-electron chi connectivity index (χ1n) is 19.3. The molecule has 4 saturated heterocycles. The van der Waals surface area contributed by atoms with Gasteiger partial charge in [0.05, 0.1) is 43.2 Å². The molecule has 4 aliphatic heterocycles. The molecule has 3 atom stereocenters. The Kier molecular flexibility index (Phi) is 9.83. The number of amides is 1. The lowest BCUT2D eigenvalue weighted by Gasteiger charge is -2.56. The van der Waals surface area contributed by atoms with Gasteiger partial charge in [-0.05, 0) is 89.6 Å². The molecule has 1 aliphatic carbocycles. The van der Waals surface area contributed by atoms with Crippen molar-refractivity contribution in [3.05, 3.63) is 66.2 Å². The number of anilines is 1. The van der Waals surface area contributed by atoms with Crippen molar-refractivity contribution in [2.45, 2.75) is 89.6 Å². The lowest BCUT2D eigenvalue weighted by atomic mass is 9.87. The zero-order chi connectivity index (χ0) is 37.5. The molecule has 1 saturated carbocycles. The monoisotopic (exact) mass is 733 g/mol.